The van der Waals surface area contributed by atoms with Crippen LogP contribution in [0, 0.1) is 0 Å². The van der Waals surface area contributed by atoms with Crippen molar-refractivity contribution < 1.29 is 0 Å². The molecule has 0 bridgehead atoms. The number of nitrogens with zero attached hydrogens (tertiary/aromatic N) is 3. The van der Waals surface area contributed by atoms with E-state index in [-0.39, 0.29) is 6.04 Å². The number of rotatable bonds is 7. The Hall–Kier alpha value is -7.36. The normalized spacial score (nSPS) is 15.6. The summed E-state index contributed by atoms with van der Waals surface area (Å²) in [5.74, 6) is 0.389. The summed E-state index contributed by atoms with van der Waals surface area (Å²) in [6, 6.07) is 61.8. The number of hydrogen-bond acceptors (Lipinski definition) is 2. The molecule has 13 rings (SSSR count). The van der Waals surface area contributed by atoms with E-state index in [1.165, 1.54) is 110 Å². The molecule has 0 fully saturated rings. The molecule has 3 heteroatoms. The average molecular weight is 810 g/mol. The number of hydrogen-bond donors (Lipinski definition) is 0. The van der Waals surface area contributed by atoms with Gasteiger partial charge in [-0.3, -0.25) is 0 Å². The monoisotopic (exact) mass is 809 g/mol. The SMILES string of the molecule is CC1CC2=C3C(=CCc4ccc(N(c5ccccc5)c5ccc6c(c5)c5cc(N(c7ccccc7)c7ccc8ccc9cccc%10ccc7c8c9%10)ccc5n6C(C)C)c1c43)CC=C2. The first-order chi connectivity index (χ1) is 31.0. The molecular formula is C60H47N3. The second-order valence-corrected chi connectivity index (χ2v) is 18.2. The molecule has 302 valence electrons. The molecule has 3 nitrogen and oxygen atoms in total. The quantitative estimate of drug-likeness (QED) is 0.149. The minimum atomic E-state index is 0.273. The maximum Gasteiger partial charge on any atom is 0.0540 e. The van der Waals surface area contributed by atoms with E-state index in [0.717, 1.165) is 30.6 Å². The van der Waals surface area contributed by atoms with Gasteiger partial charge in [-0.2, -0.15) is 0 Å². The third kappa shape index (κ3) is 5.39. The molecule has 1 atom stereocenters. The predicted molar refractivity (Wildman–Crippen MR) is 268 cm³/mol. The Morgan fingerprint density at radius 3 is 1.81 bits per heavy atom. The van der Waals surface area contributed by atoms with E-state index in [0.29, 0.717) is 5.92 Å². The summed E-state index contributed by atoms with van der Waals surface area (Å²) in [7, 11) is 0. The highest BCUT2D eigenvalue weighted by Gasteiger charge is 2.34. The van der Waals surface area contributed by atoms with Gasteiger partial charge >= 0.3 is 0 Å². The molecule has 0 aliphatic heterocycles. The van der Waals surface area contributed by atoms with Crippen LogP contribution in [0.5, 0.6) is 0 Å². The lowest BCUT2D eigenvalue weighted by atomic mass is 9.69. The Kier molecular flexibility index (Phi) is 7.97. The van der Waals surface area contributed by atoms with Crippen LogP contribution in [0.25, 0.3) is 59.7 Å². The van der Waals surface area contributed by atoms with Gasteiger partial charge in [-0.1, -0.05) is 116 Å². The zero-order valence-corrected chi connectivity index (χ0v) is 35.9. The van der Waals surface area contributed by atoms with Crippen molar-refractivity contribution in [3.8, 4) is 0 Å². The smallest absolute Gasteiger partial charge is 0.0540 e. The van der Waals surface area contributed by atoms with Crippen molar-refractivity contribution >= 4 is 93.8 Å². The molecule has 0 spiro atoms. The van der Waals surface area contributed by atoms with Crippen LogP contribution in [0.2, 0.25) is 0 Å². The summed E-state index contributed by atoms with van der Waals surface area (Å²) >= 11 is 0. The molecule has 1 heterocycles. The summed E-state index contributed by atoms with van der Waals surface area (Å²) in [4.78, 5) is 5.01. The van der Waals surface area contributed by atoms with Gasteiger partial charge in [-0.25, -0.2) is 0 Å². The molecule has 63 heavy (non-hydrogen) atoms. The first-order valence-corrected chi connectivity index (χ1v) is 22.7. The first-order valence-electron chi connectivity index (χ1n) is 22.7. The van der Waals surface area contributed by atoms with E-state index in [9.17, 15) is 0 Å². The minimum absolute atomic E-state index is 0.273. The average Bonchev–Trinajstić information content (AvgIpc) is 3.65. The minimum Gasteiger partial charge on any atom is -0.338 e. The largest absolute Gasteiger partial charge is 0.338 e. The molecule has 0 radical (unpaired) electrons. The molecule has 10 aromatic rings. The Labute approximate surface area is 368 Å². The highest BCUT2D eigenvalue weighted by molar-refractivity contribution is 6.26. The van der Waals surface area contributed by atoms with Crippen LogP contribution in [-0.2, 0) is 6.42 Å². The first kappa shape index (κ1) is 36.3. The van der Waals surface area contributed by atoms with Crippen molar-refractivity contribution in [2.24, 2.45) is 0 Å². The fraction of sp³-hybridized carbons (Fsp3) is 0.133. The zero-order chi connectivity index (χ0) is 41.9. The van der Waals surface area contributed by atoms with Gasteiger partial charge in [-0.15, -0.1) is 0 Å². The summed E-state index contributed by atoms with van der Waals surface area (Å²) < 4.78 is 2.53. The molecule has 0 saturated carbocycles. The van der Waals surface area contributed by atoms with Gasteiger partial charge in [0.1, 0.15) is 0 Å². The van der Waals surface area contributed by atoms with Gasteiger partial charge in [0.2, 0.25) is 0 Å². The van der Waals surface area contributed by atoms with Crippen molar-refractivity contribution in [2.45, 2.75) is 52.0 Å². The molecule has 3 aliphatic carbocycles. The molecule has 3 aliphatic rings. The van der Waals surface area contributed by atoms with E-state index in [1.807, 2.05) is 0 Å². The summed E-state index contributed by atoms with van der Waals surface area (Å²) in [6.07, 6.45) is 10.3. The van der Waals surface area contributed by atoms with Crippen LogP contribution in [0.4, 0.5) is 34.1 Å². The second kappa shape index (κ2) is 13.8. The fourth-order valence-electron chi connectivity index (χ4n) is 11.7. The standard InChI is InChI=1S/C60H47N3/c1-37(2)61-53-32-27-47(62(45-16-6-4-7-17-45)52-30-25-42-22-20-39-12-10-13-41-24-29-49(52)59(42)57(39)41)35-50(53)51-36-48(28-33-54(51)61)63(46-18-8-5-9-19-46)55-31-26-43-23-21-40-14-11-15-44-34-38(3)56(55)60(43)58(40)44/h4-13,15-22,24-33,35-38H,14,23,34H2,1-3H3. The van der Waals surface area contributed by atoms with Crippen LogP contribution in [0.3, 0.4) is 0 Å². The number of anilines is 6. The molecule has 1 aromatic heterocycles. The number of para-hydroxylation sites is 2. The van der Waals surface area contributed by atoms with Gasteiger partial charge in [0, 0.05) is 56.0 Å². The van der Waals surface area contributed by atoms with Crippen LogP contribution < -0.4 is 9.80 Å². The van der Waals surface area contributed by atoms with E-state index >= 15 is 0 Å². The molecule has 9 aromatic carbocycles. The molecular weight excluding hydrogens is 763 g/mol. The van der Waals surface area contributed by atoms with Gasteiger partial charge in [-0.05, 0) is 172 Å². The van der Waals surface area contributed by atoms with Crippen LogP contribution in [0.1, 0.15) is 62.3 Å². The van der Waals surface area contributed by atoms with Crippen molar-refractivity contribution in [1.82, 2.24) is 4.57 Å². The molecule has 0 N–H and O–H groups in total. The Bertz CT molecular complexity index is 3570. The molecule has 0 amide bonds. The van der Waals surface area contributed by atoms with E-state index in [1.54, 1.807) is 0 Å². The van der Waals surface area contributed by atoms with Gasteiger partial charge in [0.15, 0.2) is 0 Å². The Morgan fingerprint density at radius 1 is 0.540 bits per heavy atom. The highest BCUT2D eigenvalue weighted by atomic mass is 15.2. The number of fused-ring (bicyclic) bond motifs is 3. The fourth-order valence-corrected chi connectivity index (χ4v) is 11.7. The second-order valence-electron chi connectivity index (χ2n) is 18.2. The lowest BCUT2D eigenvalue weighted by Gasteiger charge is -2.38. The predicted octanol–water partition coefficient (Wildman–Crippen LogP) is 16.9. The van der Waals surface area contributed by atoms with Crippen molar-refractivity contribution in [3.63, 3.8) is 0 Å². The van der Waals surface area contributed by atoms with Crippen molar-refractivity contribution in [3.05, 3.63) is 210 Å². The third-order valence-electron chi connectivity index (χ3n) is 14.3. The van der Waals surface area contributed by atoms with Gasteiger partial charge in [0.25, 0.3) is 0 Å². The highest BCUT2D eigenvalue weighted by Crippen LogP contribution is 2.54. The van der Waals surface area contributed by atoms with Crippen LogP contribution in [0.15, 0.2) is 193 Å². The maximum absolute atomic E-state index is 2.54. The maximum atomic E-state index is 2.54. The van der Waals surface area contributed by atoms with Crippen LogP contribution in [-0.4, -0.2) is 4.57 Å². The summed E-state index contributed by atoms with van der Waals surface area (Å²) in [6.45, 7) is 7.06. The Balaban J connectivity index is 1.04. The number of benzene rings is 9. The number of allylic oxidation sites excluding steroid dienone is 6. The molecule has 1 unspecified atom stereocenters. The van der Waals surface area contributed by atoms with Gasteiger partial charge in [0.05, 0.1) is 11.4 Å². The lowest BCUT2D eigenvalue weighted by molar-refractivity contribution is 0.642. The van der Waals surface area contributed by atoms with Crippen LogP contribution >= 0.6 is 0 Å². The summed E-state index contributed by atoms with van der Waals surface area (Å²) in [5.41, 5.74) is 18.5. The Morgan fingerprint density at radius 2 is 1.14 bits per heavy atom. The summed E-state index contributed by atoms with van der Waals surface area (Å²) in [5, 5.41) is 10.2. The van der Waals surface area contributed by atoms with E-state index in [4.69, 9.17) is 0 Å². The van der Waals surface area contributed by atoms with Crippen molar-refractivity contribution in [1.29, 1.82) is 0 Å². The molecule has 0 saturated heterocycles. The topological polar surface area (TPSA) is 11.4 Å². The van der Waals surface area contributed by atoms with Crippen molar-refractivity contribution in [2.75, 3.05) is 9.80 Å². The zero-order valence-electron chi connectivity index (χ0n) is 35.9. The lowest BCUT2D eigenvalue weighted by Crippen LogP contribution is -2.21. The third-order valence-corrected chi connectivity index (χ3v) is 14.3. The van der Waals surface area contributed by atoms with E-state index < -0.39 is 0 Å². The van der Waals surface area contributed by atoms with Gasteiger partial charge < -0.3 is 14.4 Å². The van der Waals surface area contributed by atoms with E-state index in [2.05, 4.69) is 217 Å². The number of aromatic nitrogens is 1.